The van der Waals surface area contributed by atoms with Gasteiger partial charge in [-0.3, -0.25) is 4.79 Å². The second-order valence-electron chi connectivity index (χ2n) is 8.72. The first-order chi connectivity index (χ1) is 14.6. The smallest absolute Gasteiger partial charge is 0.420 e. The van der Waals surface area contributed by atoms with Crippen molar-refractivity contribution in [2.45, 2.75) is 77.7 Å². The lowest BCUT2D eigenvalue weighted by Gasteiger charge is -2.32. The quantitative estimate of drug-likeness (QED) is 0.206. The third-order valence-corrected chi connectivity index (χ3v) is 6.01. The average Bonchev–Trinajstić information content (AvgIpc) is 2.64. The molecule has 0 saturated heterocycles. The zero-order valence-corrected chi connectivity index (χ0v) is 21.7. The number of esters is 2. The van der Waals surface area contributed by atoms with E-state index >= 15 is 0 Å². The second kappa shape index (κ2) is 13.8. The lowest BCUT2D eigenvalue weighted by Crippen LogP contribution is -2.52. The highest BCUT2D eigenvalue weighted by Crippen LogP contribution is 2.26. The van der Waals surface area contributed by atoms with Crippen LogP contribution in [0.2, 0.25) is 0 Å². The Kier molecular flexibility index (Phi) is 13.1. The van der Waals surface area contributed by atoms with Crippen LogP contribution >= 0.6 is 21.6 Å². The molecule has 0 rings (SSSR count). The van der Waals surface area contributed by atoms with Gasteiger partial charge < -0.3 is 24.7 Å². The molecule has 0 aromatic carbocycles. The van der Waals surface area contributed by atoms with Gasteiger partial charge in [0.1, 0.15) is 23.3 Å². The Morgan fingerprint density at radius 1 is 0.781 bits per heavy atom. The monoisotopic (exact) mass is 496 g/mol. The molecule has 0 spiro atoms. The molecule has 0 aliphatic carbocycles. The van der Waals surface area contributed by atoms with Crippen LogP contribution in [0, 0.1) is 0 Å². The second-order valence-corrected chi connectivity index (χ2v) is 11.4. The van der Waals surface area contributed by atoms with E-state index in [4.69, 9.17) is 19.9 Å². The number of hydrogen-bond acceptors (Lipinski definition) is 11. The minimum atomic E-state index is -1.23. The Morgan fingerprint density at radius 3 is 1.56 bits per heavy atom. The summed E-state index contributed by atoms with van der Waals surface area (Å²) in [6.45, 7) is 9.90. The summed E-state index contributed by atoms with van der Waals surface area (Å²) in [6, 6.07) is -1.93. The van der Waals surface area contributed by atoms with Crippen LogP contribution in [0.3, 0.4) is 0 Å². The van der Waals surface area contributed by atoms with E-state index in [9.17, 15) is 19.2 Å². The minimum absolute atomic E-state index is 0.117. The van der Waals surface area contributed by atoms with Crippen molar-refractivity contribution in [2.75, 3.05) is 25.7 Å². The van der Waals surface area contributed by atoms with Gasteiger partial charge >= 0.3 is 24.1 Å². The summed E-state index contributed by atoms with van der Waals surface area (Å²) >= 11 is 0. The molecule has 2 N–H and O–H groups in total. The molecule has 1 unspecified atom stereocenters. The zero-order valence-electron chi connectivity index (χ0n) is 20.1. The SMILES string of the molecule is COC(=O)C(N)CCSSCC[C@@H](C(=O)OC)N(C(=O)OC(C)(C)C)C(=O)OC(C)(C)C. The molecule has 0 bridgehead atoms. The van der Waals surface area contributed by atoms with E-state index in [1.165, 1.54) is 35.8 Å². The third-order valence-electron chi connectivity index (χ3n) is 3.54. The summed E-state index contributed by atoms with van der Waals surface area (Å²) in [7, 11) is 5.30. The van der Waals surface area contributed by atoms with Crippen LogP contribution in [0.15, 0.2) is 0 Å². The first kappa shape index (κ1) is 30.3. The van der Waals surface area contributed by atoms with Crippen LogP contribution in [0.25, 0.3) is 0 Å². The third kappa shape index (κ3) is 12.4. The molecular weight excluding hydrogens is 460 g/mol. The zero-order chi connectivity index (χ0) is 25.1. The average molecular weight is 497 g/mol. The van der Waals surface area contributed by atoms with Gasteiger partial charge in [-0.05, 0) is 54.4 Å². The van der Waals surface area contributed by atoms with Crippen LogP contribution in [0.1, 0.15) is 54.4 Å². The fraction of sp³-hybridized carbons (Fsp3) is 0.800. The van der Waals surface area contributed by atoms with E-state index in [0.717, 1.165) is 0 Å². The maximum Gasteiger partial charge on any atom is 0.420 e. The summed E-state index contributed by atoms with van der Waals surface area (Å²) in [5, 5.41) is 0. The molecule has 0 fully saturated rings. The number of nitrogens with two attached hydrogens (primary N) is 1. The number of amides is 2. The van der Waals surface area contributed by atoms with Gasteiger partial charge in [0.25, 0.3) is 0 Å². The lowest BCUT2D eigenvalue weighted by atomic mass is 10.2. The summed E-state index contributed by atoms with van der Waals surface area (Å²) in [6.07, 6.45) is -1.45. The van der Waals surface area contributed by atoms with Crippen LogP contribution in [0.5, 0.6) is 0 Å². The largest absolute Gasteiger partial charge is 0.468 e. The molecule has 0 saturated carbocycles. The Balaban J connectivity index is 5.24. The summed E-state index contributed by atoms with van der Waals surface area (Å²) in [5.41, 5.74) is 3.91. The van der Waals surface area contributed by atoms with Gasteiger partial charge in [0, 0.05) is 11.5 Å². The van der Waals surface area contributed by atoms with Gasteiger partial charge in [-0.2, -0.15) is 4.90 Å². The van der Waals surface area contributed by atoms with Crippen molar-refractivity contribution in [1.29, 1.82) is 0 Å². The van der Waals surface area contributed by atoms with E-state index in [0.29, 0.717) is 22.8 Å². The molecule has 0 radical (unpaired) electrons. The van der Waals surface area contributed by atoms with Gasteiger partial charge in [-0.1, -0.05) is 21.6 Å². The molecule has 12 heteroatoms. The van der Waals surface area contributed by atoms with E-state index < -0.39 is 47.4 Å². The molecule has 0 aromatic rings. The van der Waals surface area contributed by atoms with E-state index in [-0.39, 0.29) is 6.42 Å². The number of methoxy groups -OCH3 is 2. The van der Waals surface area contributed by atoms with Crippen LogP contribution < -0.4 is 5.73 Å². The summed E-state index contributed by atoms with van der Waals surface area (Å²) in [5.74, 6) is -0.266. The van der Waals surface area contributed by atoms with Gasteiger partial charge in [0.2, 0.25) is 0 Å². The van der Waals surface area contributed by atoms with Gasteiger partial charge in [0.15, 0.2) is 0 Å². The molecule has 2 amide bonds. The molecule has 0 aliphatic rings. The van der Waals surface area contributed by atoms with Crippen molar-refractivity contribution >= 4 is 45.7 Å². The Hall–Kier alpha value is -1.66. The van der Waals surface area contributed by atoms with E-state index in [1.807, 2.05) is 0 Å². The van der Waals surface area contributed by atoms with Crippen molar-refractivity contribution < 1.29 is 38.1 Å². The highest BCUT2D eigenvalue weighted by molar-refractivity contribution is 8.76. The normalized spacial score (nSPS) is 13.5. The minimum Gasteiger partial charge on any atom is -0.468 e. The van der Waals surface area contributed by atoms with E-state index in [2.05, 4.69) is 4.74 Å². The van der Waals surface area contributed by atoms with Gasteiger partial charge in [-0.15, -0.1) is 0 Å². The molecule has 2 atom stereocenters. The van der Waals surface area contributed by atoms with Gasteiger partial charge in [-0.25, -0.2) is 14.4 Å². The number of ether oxygens (including phenoxy) is 4. The molecule has 0 heterocycles. The van der Waals surface area contributed by atoms with Gasteiger partial charge in [0.05, 0.1) is 14.2 Å². The number of imide groups is 1. The number of carbonyl (C=O) groups is 4. The summed E-state index contributed by atoms with van der Waals surface area (Å²) in [4.78, 5) is 50.0. The molecule has 32 heavy (non-hydrogen) atoms. The molecular formula is C20H36N2O8S2. The number of carbonyl (C=O) groups excluding carboxylic acids is 4. The number of rotatable bonds is 10. The Morgan fingerprint density at radius 2 is 1.19 bits per heavy atom. The standard InChI is InChI=1S/C20H36N2O8S2/c1-19(2,3)29-17(25)22(18(26)30-20(4,5)6)14(16(24)28-8)10-12-32-31-11-9-13(21)15(23)27-7/h13-14H,9-12,21H2,1-8H3/t13?,14-/m0/s1. The number of hydrogen-bond donors (Lipinski definition) is 1. The predicted octanol–water partition coefficient (Wildman–Crippen LogP) is 3.36. The van der Waals surface area contributed by atoms with Crippen LogP contribution in [0.4, 0.5) is 9.59 Å². The highest BCUT2D eigenvalue weighted by atomic mass is 33.1. The van der Waals surface area contributed by atoms with Crippen LogP contribution in [-0.2, 0) is 28.5 Å². The highest BCUT2D eigenvalue weighted by Gasteiger charge is 2.40. The van der Waals surface area contributed by atoms with Crippen molar-refractivity contribution in [3.05, 3.63) is 0 Å². The first-order valence-electron chi connectivity index (χ1n) is 10.0. The van der Waals surface area contributed by atoms with Crippen molar-refractivity contribution in [3.63, 3.8) is 0 Å². The maximum absolute atomic E-state index is 12.8. The molecule has 0 aromatic heterocycles. The molecule has 186 valence electrons. The Bertz CT molecular complexity index is 618. The van der Waals surface area contributed by atoms with Crippen molar-refractivity contribution in [1.82, 2.24) is 4.90 Å². The number of nitrogens with zero attached hydrogens (tertiary/aromatic N) is 1. The van der Waals surface area contributed by atoms with Crippen LogP contribution in [-0.4, -0.2) is 78.0 Å². The maximum atomic E-state index is 12.8. The fourth-order valence-corrected chi connectivity index (χ4v) is 4.35. The van der Waals surface area contributed by atoms with E-state index in [1.54, 1.807) is 41.5 Å². The fourth-order valence-electron chi connectivity index (χ4n) is 2.16. The topological polar surface area (TPSA) is 134 Å². The lowest BCUT2D eigenvalue weighted by molar-refractivity contribution is -0.146. The predicted molar refractivity (Wildman–Crippen MR) is 124 cm³/mol. The molecule has 0 aliphatic heterocycles. The van der Waals surface area contributed by atoms with Crippen molar-refractivity contribution in [2.24, 2.45) is 5.73 Å². The Labute approximate surface area is 198 Å². The first-order valence-corrected chi connectivity index (χ1v) is 12.5. The molecule has 10 nitrogen and oxygen atoms in total. The van der Waals surface area contributed by atoms with Crippen molar-refractivity contribution in [3.8, 4) is 0 Å². The summed E-state index contributed by atoms with van der Waals surface area (Å²) < 4.78 is 20.0.